The zero-order valence-electron chi connectivity index (χ0n) is 7.49. The van der Waals surface area contributed by atoms with E-state index in [0.29, 0.717) is 5.56 Å². The first-order valence-electron chi connectivity index (χ1n) is 3.85. The van der Waals surface area contributed by atoms with Crippen LogP contribution in [-0.2, 0) is 13.8 Å². The maximum atomic E-state index is 11.2. The molecule has 1 aromatic carbocycles. The Morgan fingerprint density at radius 1 is 1.15 bits per heavy atom. The summed E-state index contributed by atoms with van der Waals surface area (Å²) < 4.78 is 21.4. The predicted octanol–water partition coefficient (Wildman–Crippen LogP) is 2.49. The van der Waals surface area contributed by atoms with Crippen molar-refractivity contribution in [1.82, 2.24) is 0 Å². The van der Waals surface area contributed by atoms with Gasteiger partial charge in [-0.25, -0.2) is 8.42 Å². The number of rotatable bonds is 2. The van der Waals surface area contributed by atoms with Crippen LogP contribution in [0.2, 0.25) is 0 Å². The second kappa shape index (κ2) is 3.31. The Balaban J connectivity index is 3.24. The maximum absolute atomic E-state index is 11.2. The number of hydrogen-bond acceptors (Lipinski definition) is 2. The molecule has 0 aliphatic rings. The molecule has 0 aromatic heterocycles. The minimum atomic E-state index is -3.58. The molecule has 0 unspecified atom stereocenters. The molecule has 0 aliphatic heterocycles. The zero-order valence-corrected chi connectivity index (χ0v) is 9.06. The highest BCUT2D eigenvalue weighted by atomic mass is 35.7. The van der Waals surface area contributed by atoms with Gasteiger partial charge >= 0.3 is 0 Å². The Kier molecular flexibility index (Phi) is 2.68. The van der Waals surface area contributed by atoms with Crippen molar-refractivity contribution in [2.24, 2.45) is 0 Å². The average Bonchev–Trinajstić information content (AvgIpc) is 2.04. The first-order chi connectivity index (χ1) is 5.86. The summed E-state index contributed by atoms with van der Waals surface area (Å²) in [5, 5.41) is 0. The van der Waals surface area contributed by atoms with Crippen molar-refractivity contribution in [3.05, 3.63) is 35.9 Å². The van der Waals surface area contributed by atoms with Crippen molar-refractivity contribution < 1.29 is 8.42 Å². The topological polar surface area (TPSA) is 34.1 Å². The molecule has 0 amide bonds. The molecule has 1 rings (SSSR count). The van der Waals surface area contributed by atoms with Crippen LogP contribution < -0.4 is 0 Å². The van der Waals surface area contributed by atoms with E-state index >= 15 is 0 Å². The smallest absolute Gasteiger partial charge is 0.211 e. The van der Waals surface area contributed by atoms with Crippen LogP contribution in [0.3, 0.4) is 0 Å². The monoisotopic (exact) mass is 218 g/mol. The van der Waals surface area contributed by atoms with Gasteiger partial charge in [0.25, 0.3) is 0 Å². The highest BCUT2D eigenvalue weighted by molar-refractivity contribution is 8.14. The van der Waals surface area contributed by atoms with Crippen LogP contribution in [0.1, 0.15) is 19.4 Å². The van der Waals surface area contributed by atoms with Gasteiger partial charge in [0.05, 0.1) is 0 Å². The lowest BCUT2D eigenvalue weighted by Crippen LogP contribution is -2.24. The van der Waals surface area contributed by atoms with Crippen LogP contribution in [0.25, 0.3) is 0 Å². The quantitative estimate of drug-likeness (QED) is 0.715. The second-order valence-corrected chi connectivity index (χ2v) is 6.43. The molecule has 13 heavy (non-hydrogen) atoms. The van der Waals surface area contributed by atoms with Crippen molar-refractivity contribution >= 4 is 19.7 Å². The molecule has 2 nitrogen and oxygen atoms in total. The lowest BCUT2D eigenvalue weighted by atomic mass is 10.0. The van der Waals surface area contributed by atoms with Crippen LogP contribution in [-0.4, -0.2) is 8.42 Å². The Hall–Kier alpha value is -0.540. The Morgan fingerprint density at radius 2 is 1.62 bits per heavy atom. The minimum absolute atomic E-state index is 0.699. The molecule has 0 radical (unpaired) electrons. The molecular formula is C9H11ClO2S. The zero-order chi connectivity index (χ0) is 10.1. The molecule has 0 spiro atoms. The highest BCUT2D eigenvalue weighted by Gasteiger charge is 2.34. The Bertz CT molecular complexity index is 381. The number of benzene rings is 1. The minimum Gasteiger partial charge on any atom is -0.211 e. The van der Waals surface area contributed by atoms with Gasteiger partial charge in [0, 0.05) is 10.7 Å². The molecule has 1 aromatic rings. The van der Waals surface area contributed by atoms with E-state index in [1.807, 2.05) is 6.07 Å². The molecule has 0 fully saturated rings. The first-order valence-corrected chi connectivity index (χ1v) is 6.16. The van der Waals surface area contributed by atoms with E-state index in [0.717, 1.165) is 0 Å². The van der Waals surface area contributed by atoms with E-state index in [2.05, 4.69) is 0 Å². The normalized spacial score (nSPS) is 12.8. The van der Waals surface area contributed by atoms with Gasteiger partial charge < -0.3 is 0 Å². The highest BCUT2D eigenvalue weighted by Crippen LogP contribution is 2.31. The van der Waals surface area contributed by atoms with Crippen molar-refractivity contribution in [1.29, 1.82) is 0 Å². The summed E-state index contributed by atoms with van der Waals surface area (Å²) >= 11 is 0. The molecule has 72 valence electrons. The van der Waals surface area contributed by atoms with Crippen molar-refractivity contribution in [2.45, 2.75) is 18.6 Å². The lowest BCUT2D eigenvalue weighted by molar-refractivity contribution is 0.570. The third-order valence-electron chi connectivity index (χ3n) is 2.08. The molecule has 0 aliphatic carbocycles. The van der Waals surface area contributed by atoms with E-state index in [1.165, 1.54) is 0 Å². The molecule has 0 bridgehead atoms. The molecular weight excluding hydrogens is 208 g/mol. The fraction of sp³-hybridized carbons (Fsp3) is 0.333. The van der Waals surface area contributed by atoms with E-state index < -0.39 is 13.8 Å². The SMILES string of the molecule is CC(C)(c1ccccc1)S(=O)(=O)Cl. The summed E-state index contributed by atoms with van der Waals surface area (Å²) in [4.78, 5) is 0. The van der Waals surface area contributed by atoms with E-state index in [-0.39, 0.29) is 0 Å². The molecule has 0 saturated heterocycles. The van der Waals surface area contributed by atoms with Gasteiger partial charge in [-0.2, -0.15) is 0 Å². The van der Waals surface area contributed by atoms with Gasteiger partial charge in [0.15, 0.2) is 0 Å². The van der Waals surface area contributed by atoms with Gasteiger partial charge in [-0.1, -0.05) is 30.3 Å². The van der Waals surface area contributed by atoms with Crippen LogP contribution >= 0.6 is 10.7 Å². The third-order valence-corrected chi connectivity index (χ3v) is 4.69. The summed E-state index contributed by atoms with van der Waals surface area (Å²) in [6.45, 7) is 3.18. The maximum Gasteiger partial charge on any atom is 0.241 e. The second-order valence-electron chi connectivity index (χ2n) is 3.31. The summed E-state index contributed by atoms with van der Waals surface area (Å²) in [5.41, 5.74) is 0.699. The van der Waals surface area contributed by atoms with Crippen molar-refractivity contribution in [3.8, 4) is 0 Å². The molecule has 0 atom stereocenters. The predicted molar refractivity (Wildman–Crippen MR) is 54.2 cm³/mol. The molecule has 4 heteroatoms. The number of hydrogen-bond donors (Lipinski definition) is 0. The van der Waals surface area contributed by atoms with Crippen molar-refractivity contribution in [3.63, 3.8) is 0 Å². The Labute approximate surface area is 83.0 Å². The van der Waals surface area contributed by atoms with Gasteiger partial charge in [-0.05, 0) is 19.4 Å². The van der Waals surface area contributed by atoms with Gasteiger partial charge in [0.1, 0.15) is 4.75 Å². The summed E-state index contributed by atoms with van der Waals surface area (Å²) in [5.74, 6) is 0. The molecule has 0 heterocycles. The summed E-state index contributed by atoms with van der Waals surface area (Å²) in [6, 6.07) is 8.92. The van der Waals surface area contributed by atoms with E-state index in [1.54, 1.807) is 38.1 Å². The van der Waals surface area contributed by atoms with Crippen molar-refractivity contribution in [2.75, 3.05) is 0 Å². The van der Waals surface area contributed by atoms with Gasteiger partial charge in [0.2, 0.25) is 9.05 Å². The van der Waals surface area contributed by atoms with Crippen LogP contribution in [0.4, 0.5) is 0 Å². The third kappa shape index (κ3) is 2.03. The van der Waals surface area contributed by atoms with Crippen LogP contribution in [0.5, 0.6) is 0 Å². The fourth-order valence-electron chi connectivity index (χ4n) is 0.980. The largest absolute Gasteiger partial charge is 0.241 e. The lowest BCUT2D eigenvalue weighted by Gasteiger charge is -2.20. The summed E-state index contributed by atoms with van der Waals surface area (Å²) in [7, 11) is 1.75. The standard InChI is InChI=1S/C9H11ClO2S/c1-9(2,13(10,11)12)8-6-4-3-5-7-8/h3-7H,1-2H3. The first kappa shape index (κ1) is 10.5. The average molecular weight is 219 g/mol. The molecule has 0 N–H and O–H groups in total. The van der Waals surface area contributed by atoms with E-state index in [9.17, 15) is 8.42 Å². The summed E-state index contributed by atoms with van der Waals surface area (Å²) in [6.07, 6.45) is 0. The van der Waals surface area contributed by atoms with Gasteiger partial charge in [-0.15, -0.1) is 0 Å². The van der Waals surface area contributed by atoms with Gasteiger partial charge in [-0.3, -0.25) is 0 Å². The fourth-order valence-corrected chi connectivity index (χ4v) is 1.67. The molecule has 0 saturated carbocycles. The van der Waals surface area contributed by atoms with Crippen LogP contribution in [0, 0.1) is 0 Å². The number of halogens is 1. The Morgan fingerprint density at radius 3 is 2.00 bits per heavy atom. The van der Waals surface area contributed by atoms with Crippen LogP contribution in [0.15, 0.2) is 30.3 Å². The van der Waals surface area contributed by atoms with E-state index in [4.69, 9.17) is 10.7 Å².